The summed E-state index contributed by atoms with van der Waals surface area (Å²) in [6.07, 6.45) is 4.44. The fourth-order valence-electron chi connectivity index (χ4n) is 1.55. The molecule has 0 aliphatic heterocycles. The van der Waals surface area contributed by atoms with Gasteiger partial charge < -0.3 is 5.53 Å². The lowest BCUT2D eigenvalue weighted by atomic mass is 10.0. The van der Waals surface area contributed by atoms with Crippen LogP contribution in [0.15, 0.2) is 0 Å². The third kappa shape index (κ3) is 2.16. The summed E-state index contributed by atoms with van der Waals surface area (Å²) in [5, 5.41) is -0.317. The van der Waals surface area contributed by atoms with Crippen LogP contribution >= 0.6 is 0 Å². The number of hydrogen-bond donors (Lipinski definition) is 0. The quantitative estimate of drug-likeness (QED) is 0.280. The number of hydrogen-bond acceptors (Lipinski definition) is 2. The Morgan fingerprint density at radius 3 is 2.33 bits per heavy atom. The molecule has 0 N–H and O–H groups in total. The number of sulfone groups is 1. The average molecular weight is 188 g/mol. The molecule has 4 nitrogen and oxygen atoms in total. The monoisotopic (exact) mass is 188 g/mol. The molecular weight excluding hydrogens is 176 g/mol. The summed E-state index contributed by atoms with van der Waals surface area (Å²) in [6.45, 7) is 0. The van der Waals surface area contributed by atoms with Gasteiger partial charge in [0, 0.05) is 0 Å². The summed E-state index contributed by atoms with van der Waals surface area (Å²) >= 11 is 0. The van der Waals surface area contributed by atoms with Gasteiger partial charge in [-0.3, -0.25) is 0 Å². The molecule has 68 valence electrons. The van der Waals surface area contributed by atoms with Crippen molar-refractivity contribution >= 4 is 15.4 Å². The first-order chi connectivity index (χ1) is 5.67. The zero-order valence-electron chi connectivity index (χ0n) is 6.81. The van der Waals surface area contributed by atoms with Crippen LogP contribution in [0.4, 0.5) is 0 Å². The van der Waals surface area contributed by atoms with Crippen molar-refractivity contribution in [1.82, 2.24) is 0 Å². The van der Waals surface area contributed by atoms with Crippen molar-refractivity contribution in [1.29, 1.82) is 0 Å². The van der Waals surface area contributed by atoms with Crippen molar-refractivity contribution < 1.29 is 13.2 Å². The highest BCUT2D eigenvalue weighted by Gasteiger charge is 2.28. The first-order valence-corrected chi connectivity index (χ1v) is 5.69. The van der Waals surface area contributed by atoms with E-state index in [4.69, 9.17) is 5.53 Å². The minimum Gasteiger partial charge on any atom is -0.361 e. The van der Waals surface area contributed by atoms with Crippen LogP contribution in [-0.2, 0) is 9.84 Å². The molecule has 0 saturated heterocycles. The molecule has 0 radical (unpaired) electrons. The van der Waals surface area contributed by atoms with E-state index in [-0.39, 0.29) is 5.25 Å². The van der Waals surface area contributed by atoms with Crippen molar-refractivity contribution in [2.45, 2.75) is 37.4 Å². The fourth-order valence-corrected chi connectivity index (χ4v) is 2.84. The van der Waals surface area contributed by atoms with Gasteiger partial charge >= 0.3 is 5.55 Å². The molecule has 1 fully saturated rings. The maximum atomic E-state index is 11.3. The molecule has 1 aliphatic carbocycles. The summed E-state index contributed by atoms with van der Waals surface area (Å²) < 4.78 is 22.6. The van der Waals surface area contributed by atoms with Gasteiger partial charge in [0.15, 0.2) is 0 Å². The largest absolute Gasteiger partial charge is 0.370 e. The Hall–Kier alpha value is -0.670. The highest BCUT2D eigenvalue weighted by atomic mass is 32.2. The van der Waals surface area contributed by atoms with Crippen LogP contribution in [0.1, 0.15) is 32.1 Å². The summed E-state index contributed by atoms with van der Waals surface area (Å²) in [7, 11) is -3.28. The molecular formula is C7H12N2O2S. The van der Waals surface area contributed by atoms with Crippen LogP contribution in [0.25, 0.3) is 5.53 Å². The lowest BCUT2D eigenvalue weighted by Crippen LogP contribution is -2.24. The molecule has 0 aromatic rings. The van der Waals surface area contributed by atoms with E-state index in [0.29, 0.717) is 18.4 Å². The third-order valence-corrected chi connectivity index (χ3v) is 4.00. The average Bonchev–Trinajstić information content (AvgIpc) is 2.06. The van der Waals surface area contributed by atoms with Gasteiger partial charge in [-0.1, -0.05) is 19.3 Å². The Bertz CT molecular complexity index is 285. The Morgan fingerprint density at radius 1 is 1.25 bits per heavy atom. The fraction of sp³-hybridized carbons (Fsp3) is 0.857. The number of nitrogens with zero attached hydrogens (tertiary/aromatic N) is 2. The highest BCUT2D eigenvalue weighted by Crippen LogP contribution is 2.22. The molecule has 0 aromatic carbocycles. The van der Waals surface area contributed by atoms with Gasteiger partial charge in [-0.05, 0) is 12.8 Å². The second-order valence-corrected chi connectivity index (χ2v) is 5.13. The maximum Gasteiger partial charge on any atom is 0.370 e. The van der Waals surface area contributed by atoms with Crippen molar-refractivity contribution in [2.24, 2.45) is 0 Å². The van der Waals surface area contributed by atoms with Gasteiger partial charge in [-0.25, -0.2) is 8.42 Å². The molecule has 0 aromatic heterocycles. The minimum absolute atomic E-state index is 0.317. The molecule has 0 bridgehead atoms. The lowest BCUT2D eigenvalue weighted by molar-refractivity contribution is 0.00744. The summed E-state index contributed by atoms with van der Waals surface area (Å²) in [6, 6.07) is 0. The summed E-state index contributed by atoms with van der Waals surface area (Å²) in [5.74, 6) is 0. The zero-order chi connectivity index (χ0) is 9.03. The topological polar surface area (TPSA) is 70.5 Å². The van der Waals surface area contributed by atoms with Gasteiger partial charge in [-0.2, -0.15) is 4.79 Å². The minimum atomic E-state index is -3.28. The van der Waals surface area contributed by atoms with Crippen molar-refractivity contribution in [3.8, 4) is 0 Å². The van der Waals surface area contributed by atoms with E-state index < -0.39 is 9.84 Å². The molecule has 0 spiro atoms. The molecule has 0 heterocycles. The molecule has 12 heavy (non-hydrogen) atoms. The zero-order valence-corrected chi connectivity index (χ0v) is 7.63. The van der Waals surface area contributed by atoms with Gasteiger partial charge in [0.1, 0.15) is 0 Å². The van der Waals surface area contributed by atoms with Crippen LogP contribution in [-0.4, -0.2) is 24.0 Å². The normalized spacial score (nSPS) is 20.0. The van der Waals surface area contributed by atoms with E-state index in [1.807, 2.05) is 0 Å². The first-order valence-electron chi connectivity index (χ1n) is 4.08. The van der Waals surface area contributed by atoms with E-state index in [9.17, 15) is 8.42 Å². The Kier molecular flexibility index (Phi) is 3.00. The van der Waals surface area contributed by atoms with Crippen molar-refractivity contribution in [3.63, 3.8) is 0 Å². The van der Waals surface area contributed by atoms with Gasteiger partial charge in [0.25, 0.3) is 0 Å². The highest BCUT2D eigenvalue weighted by molar-refractivity contribution is 8.04. The van der Waals surface area contributed by atoms with Gasteiger partial charge in [0.2, 0.25) is 9.84 Å². The summed E-state index contributed by atoms with van der Waals surface area (Å²) in [5.41, 5.74) is 8.78. The molecule has 5 heteroatoms. The standard InChI is InChI=1S/C7H12N2O2S/c8-9-6-12(10,11)7-4-2-1-3-5-7/h6-7H,1-5H2. The van der Waals surface area contributed by atoms with Crippen molar-refractivity contribution in [3.05, 3.63) is 5.53 Å². The van der Waals surface area contributed by atoms with E-state index >= 15 is 0 Å². The van der Waals surface area contributed by atoms with Crippen LogP contribution in [0.2, 0.25) is 0 Å². The van der Waals surface area contributed by atoms with Crippen LogP contribution in [0.5, 0.6) is 0 Å². The predicted octanol–water partition coefficient (Wildman–Crippen LogP) is 0.992. The number of rotatable bonds is 2. The van der Waals surface area contributed by atoms with E-state index in [1.165, 1.54) is 0 Å². The Labute approximate surface area is 72.1 Å². The van der Waals surface area contributed by atoms with E-state index in [2.05, 4.69) is 4.79 Å². The maximum absolute atomic E-state index is 11.3. The third-order valence-electron chi connectivity index (χ3n) is 2.21. The molecule has 1 saturated carbocycles. The first kappa shape index (κ1) is 9.42. The van der Waals surface area contributed by atoms with Crippen molar-refractivity contribution in [2.75, 3.05) is 0 Å². The van der Waals surface area contributed by atoms with E-state index in [1.54, 1.807) is 0 Å². The SMILES string of the molecule is [N-]=[N+]=CS(=O)(=O)C1CCCCC1. The Balaban J connectivity index is 2.73. The molecule has 0 unspecified atom stereocenters. The summed E-state index contributed by atoms with van der Waals surface area (Å²) in [4.78, 5) is 2.57. The molecule has 1 aliphatic rings. The molecule has 0 atom stereocenters. The van der Waals surface area contributed by atoms with E-state index in [0.717, 1.165) is 19.3 Å². The predicted molar refractivity (Wildman–Crippen MR) is 45.5 cm³/mol. The smallest absolute Gasteiger partial charge is 0.361 e. The molecule has 0 amide bonds. The second kappa shape index (κ2) is 3.83. The van der Waals surface area contributed by atoms with Gasteiger partial charge in [0.05, 0.1) is 5.25 Å². The second-order valence-electron chi connectivity index (χ2n) is 3.07. The van der Waals surface area contributed by atoms with Crippen LogP contribution in [0, 0.1) is 0 Å². The molecule has 1 rings (SSSR count). The van der Waals surface area contributed by atoms with Crippen LogP contribution < -0.4 is 0 Å². The lowest BCUT2D eigenvalue weighted by Gasteiger charge is -2.17. The Morgan fingerprint density at radius 2 is 1.83 bits per heavy atom. The van der Waals surface area contributed by atoms with Crippen LogP contribution in [0.3, 0.4) is 0 Å². The van der Waals surface area contributed by atoms with Gasteiger partial charge in [-0.15, -0.1) is 0 Å².